The fourth-order valence-corrected chi connectivity index (χ4v) is 2.75. The molecule has 0 bridgehead atoms. The van der Waals surface area contributed by atoms with E-state index in [0.717, 1.165) is 36.3 Å². The molecule has 1 aliphatic rings. The van der Waals surface area contributed by atoms with Crippen molar-refractivity contribution >= 4 is 24.1 Å². The SMILES string of the molecule is Cc1ccc(C)c(C(=O)CCC(=O)N2CCNCC2C)c1.Cl. The minimum absolute atomic E-state index is 0. The molecule has 1 fully saturated rings. The Hall–Kier alpha value is -1.39. The second-order valence-electron chi connectivity index (χ2n) is 5.88. The third-order valence-electron chi connectivity index (χ3n) is 4.08. The molecular formula is C17H25ClN2O2. The van der Waals surface area contributed by atoms with Crippen molar-refractivity contribution in [3.8, 4) is 0 Å². The van der Waals surface area contributed by atoms with E-state index in [4.69, 9.17) is 0 Å². The van der Waals surface area contributed by atoms with Gasteiger partial charge in [0, 0.05) is 44.1 Å². The molecule has 0 aromatic heterocycles. The molecule has 1 aromatic carbocycles. The zero-order chi connectivity index (χ0) is 15.4. The maximum Gasteiger partial charge on any atom is 0.223 e. The van der Waals surface area contributed by atoms with Crippen LogP contribution in [-0.2, 0) is 4.79 Å². The molecule has 4 nitrogen and oxygen atoms in total. The molecule has 2 rings (SSSR count). The van der Waals surface area contributed by atoms with Gasteiger partial charge < -0.3 is 10.2 Å². The van der Waals surface area contributed by atoms with Crippen LogP contribution in [-0.4, -0.2) is 42.3 Å². The Morgan fingerprint density at radius 2 is 2.00 bits per heavy atom. The van der Waals surface area contributed by atoms with E-state index in [1.807, 2.05) is 43.9 Å². The van der Waals surface area contributed by atoms with Crippen molar-refractivity contribution in [1.82, 2.24) is 10.2 Å². The van der Waals surface area contributed by atoms with E-state index in [1.54, 1.807) is 0 Å². The van der Waals surface area contributed by atoms with Crippen LogP contribution < -0.4 is 5.32 Å². The lowest BCUT2D eigenvalue weighted by atomic mass is 9.99. The Kier molecular flexibility index (Phi) is 7.04. The highest BCUT2D eigenvalue weighted by Gasteiger charge is 2.23. The first-order valence-corrected chi connectivity index (χ1v) is 7.59. The molecule has 0 spiro atoms. The maximum absolute atomic E-state index is 12.3. The van der Waals surface area contributed by atoms with Gasteiger partial charge in [-0.3, -0.25) is 9.59 Å². The number of hydrogen-bond acceptors (Lipinski definition) is 3. The van der Waals surface area contributed by atoms with Gasteiger partial charge in [0.25, 0.3) is 0 Å². The zero-order valence-corrected chi connectivity index (χ0v) is 14.3. The zero-order valence-electron chi connectivity index (χ0n) is 13.5. The van der Waals surface area contributed by atoms with Crippen molar-refractivity contribution in [2.24, 2.45) is 0 Å². The molecule has 0 radical (unpaired) electrons. The average molecular weight is 325 g/mol. The van der Waals surface area contributed by atoms with Crippen LogP contribution in [0.25, 0.3) is 0 Å². The Balaban J connectivity index is 0.00000242. The molecule has 1 amide bonds. The number of benzene rings is 1. The molecule has 122 valence electrons. The predicted molar refractivity (Wildman–Crippen MR) is 90.8 cm³/mol. The molecule has 22 heavy (non-hydrogen) atoms. The third kappa shape index (κ3) is 4.55. The van der Waals surface area contributed by atoms with Gasteiger partial charge in [0.05, 0.1) is 0 Å². The second kappa shape index (κ2) is 8.30. The lowest BCUT2D eigenvalue weighted by Gasteiger charge is -2.34. The van der Waals surface area contributed by atoms with Gasteiger partial charge in [0.2, 0.25) is 5.91 Å². The van der Waals surface area contributed by atoms with Crippen LogP contribution in [0.1, 0.15) is 41.3 Å². The van der Waals surface area contributed by atoms with Crippen LogP contribution in [0.4, 0.5) is 0 Å². The summed E-state index contributed by atoms with van der Waals surface area (Å²) >= 11 is 0. The van der Waals surface area contributed by atoms with Gasteiger partial charge in [-0.2, -0.15) is 0 Å². The van der Waals surface area contributed by atoms with Crippen molar-refractivity contribution in [3.05, 3.63) is 34.9 Å². The van der Waals surface area contributed by atoms with E-state index in [0.29, 0.717) is 12.8 Å². The summed E-state index contributed by atoms with van der Waals surface area (Å²) in [7, 11) is 0. The van der Waals surface area contributed by atoms with Crippen LogP contribution in [0.2, 0.25) is 0 Å². The number of piperazine rings is 1. The summed E-state index contributed by atoms with van der Waals surface area (Å²) in [6, 6.07) is 6.08. The number of rotatable bonds is 4. The number of halogens is 1. The summed E-state index contributed by atoms with van der Waals surface area (Å²) < 4.78 is 0. The molecule has 0 aliphatic carbocycles. The van der Waals surface area contributed by atoms with Crippen molar-refractivity contribution in [2.45, 2.75) is 39.7 Å². The van der Waals surface area contributed by atoms with Gasteiger partial charge in [0.15, 0.2) is 5.78 Å². The van der Waals surface area contributed by atoms with Gasteiger partial charge in [-0.25, -0.2) is 0 Å². The highest BCUT2D eigenvalue weighted by atomic mass is 35.5. The van der Waals surface area contributed by atoms with Crippen LogP contribution in [0, 0.1) is 13.8 Å². The molecule has 1 N–H and O–H groups in total. The first-order chi connectivity index (χ1) is 9.99. The van der Waals surface area contributed by atoms with Gasteiger partial charge >= 0.3 is 0 Å². The number of Topliss-reactive ketones (excluding diaryl/α,β-unsaturated/α-hetero) is 1. The largest absolute Gasteiger partial charge is 0.337 e. The van der Waals surface area contributed by atoms with E-state index < -0.39 is 0 Å². The minimum Gasteiger partial charge on any atom is -0.337 e. The number of carbonyl (C=O) groups is 2. The summed E-state index contributed by atoms with van der Waals surface area (Å²) in [5.41, 5.74) is 2.80. The van der Waals surface area contributed by atoms with E-state index in [2.05, 4.69) is 5.32 Å². The number of amides is 1. The molecule has 1 atom stereocenters. The van der Waals surface area contributed by atoms with E-state index in [9.17, 15) is 9.59 Å². The second-order valence-corrected chi connectivity index (χ2v) is 5.88. The molecular weight excluding hydrogens is 300 g/mol. The van der Waals surface area contributed by atoms with Crippen LogP contribution in [0.5, 0.6) is 0 Å². The fraction of sp³-hybridized carbons (Fsp3) is 0.529. The molecule has 5 heteroatoms. The summed E-state index contributed by atoms with van der Waals surface area (Å²) in [5.74, 6) is 0.148. The highest BCUT2D eigenvalue weighted by molar-refractivity contribution is 5.99. The number of nitrogens with zero attached hydrogens (tertiary/aromatic N) is 1. The quantitative estimate of drug-likeness (QED) is 0.866. The number of ketones is 1. The first-order valence-electron chi connectivity index (χ1n) is 7.59. The fourth-order valence-electron chi connectivity index (χ4n) is 2.75. The van der Waals surface area contributed by atoms with Crippen LogP contribution in [0.15, 0.2) is 18.2 Å². The molecule has 1 unspecified atom stereocenters. The van der Waals surface area contributed by atoms with Crippen LogP contribution in [0.3, 0.4) is 0 Å². The van der Waals surface area contributed by atoms with Gasteiger partial charge in [-0.05, 0) is 32.4 Å². The standard InChI is InChI=1S/C17H24N2O2.ClH/c1-12-4-5-13(2)15(10-12)16(20)6-7-17(21)19-9-8-18-11-14(19)3;/h4-5,10,14,18H,6-9,11H2,1-3H3;1H. The summed E-state index contributed by atoms with van der Waals surface area (Å²) in [6.07, 6.45) is 0.594. The Bertz CT molecular complexity index is 545. The number of carbonyl (C=O) groups excluding carboxylic acids is 2. The van der Waals surface area contributed by atoms with Gasteiger partial charge in [0.1, 0.15) is 0 Å². The number of hydrogen-bond donors (Lipinski definition) is 1. The third-order valence-corrected chi connectivity index (χ3v) is 4.08. The summed E-state index contributed by atoms with van der Waals surface area (Å²) in [5, 5.41) is 3.26. The normalized spacial score (nSPS) is 17.8. The Labute approximate surface area is 138 Å². The van der Waals surface area contributed by atoms with Crippen molar-refractivity contribution in [1.29, 1.82) is 0 Å². The monoisotopic (exact) mass is 324 g/mol. The Morgan fingerprint density at radius 1 is 1.27 bits per heavy atom. The lowest BCUT2D eigenvalue weighted by molar-refractivity contribution is -0.133. The number of aryl methyl sites for hydroxylation is 2. The van der Waals surface area contributed by atoms with Crippen LogP contribution >= 0.6 is 12.4 Å². The highest BCUT2D eigenvalue weighted by Crippen LogP contribution is 2.15. The molecule has 0 saturated carbocycles. The van der Waals surface area contributed by atoms with Gasteiger partial charge in [-0.15, -0.1) is 12.4 Å². The average Bonchev–Trinajstić information content (AvgIpc) is 2.47. The molecule has 1 aliphatic heterocycles. The van der Waals surface area contributed by atoms with Crippen molar-refractivity contribution in [2.75, 3.05) is 19.6 Å². The Morgan fingerprint density at radius 3 is 2.68 bits per heavy atom. The van der Waals surface area contributed by atoms with Crippen molar-refractivity contribution < 1.29 is 9.59 Å². The molecule has 1 saturated heterocycles. The van der Waals surface area contributed by atoms with E-state index in [-0.39, 0.29) is 30.1 Å². The predicted octanol–water partition coefficient (Wildman–Crippen LogP) is 2.51. The lowest BCUT2D eigenvalue weighted by Crippen LogP contribution is -2.52. The van der Waals surface area contributed by atoms with Gasteiger partial charge in [-0.1, -0.05) is 17.7 Å². The van der Waals surface area contributed by atoms with E-state index in [1.165, 1.54) is 0 Å². The first kappa shape index (κ1) is 18.7. The minimum atomic E-state index is 0. The number of nitrogens with one attached hydrogen (secondary N) is 1. The summed E-state index contributed by atoms with van der Waals surface area (Å²) in [6.45, 7) is 8.35. The molecule has 1 heterocycles. The maximum atomic E-state index is 12.3. The summed E-state index contributed by atoms with van der Waals surface area (Å²) in [4.78, 5) is 26.4. The molecule has 1 aromatic rings. The topological polar surface area (TPSA) is 49.4 Å². The smallest absolute Gasteiger partial charge is 0.223 e. The van der Waals surface area contributed by atoms with Crippen molar-refractivity contribution in [3.63, 3.8) is 0 Å². The van der Waals surface area contributed by atoms with E-state index >= 15 is 0 Å².